The molecular weight excluding hydrogens is 250 g/mol. The van der Waals surface area contributed by atoms with Crippen molar-refractivity contribution in [3.05, 3.63) is 36.0 Å². The summed E-state index contributed by atoms with van der Waals surface area (Å²) in [4.78, 5) is 21.7. The molecule has 0 fully saturated rings. The van der Waals surface area contributed by atoms with E-state index in [0.717, 1.165) is 6.20 Å². The number of phenolic OH excluding ortho intramolecular Hbond substituents is 1. The molecular formula is C12H11N3O4. The number of hydrogen-bond donors (Lipinski definition) is 4. The van der Waals surface area contributed by atoms with Crippen LogP contribution in [-0.4, -0.2) is 28.6 Å². The van der Waals surface area contributed by atoms with Crippen molar-refractivity contribution in [2.24, 2.45) is 0 Å². The summed E-state index contributed by atoms with van der Waals surface area (Å²) >= 11 is 0. The van der Waals surface area contributed by atoms with Crippen molar-refractivity contribution < 1.29 is 19.8 Å². The van der Waals surface area contributed by atoms with Gasteiger partial charge in [0.25, 0.3) is 5.91 Å². The normalized spacial score (nSPS) is 10.4. The molecule has 1 rings (SSSR count). The lowest BCUT2D eigenvalue weighted by Crippen LogP contribution is -2.30. The van der Waals surface area contributed by atoms with Crippen LogP contribution in [0.15, 0.2) is 36.0 Å². The molecule has 0 unspecified atom stereocenters. The Hall–Kier alpha value is -3.01. The Balaban J connectivity index is 2.73. The summed E-state index contributed by atoms with van der Waals surface area (Å²) < 4.78 is 0. The number of phenols is 1. The first-order valence-corrected chi connectivity index (χ1v) is 5.19. The van der Waals surface area contributed by atoms with E-state index in [1.807, 2.05) is 0 Å². The fourth-order valence-corrected chi connectivity index (χ4v) is 1.15. The number of carboxylic acid groups (broad SMARTS) is 1. The molecule has 0 bridgehead atoms. The molecule has 4 N–H and O–H groups in total. The molecule has 0 aromatic heterocycles. The Bertz CT molecular complexity index is 560. The van der Waals surface area contributed by atoms with E-state index in [-0.39, 0.29) is 11.3 Å². The largest absolute Gasteiger partial charge is 0.506 e. The van der Waals surface area contributed by atoms with E-state index in [2.05, 4.69) is 10.6 Å². The number of nitrogens with zero attached hydrogens (tertiary/aromatic N) is 1. The first-order valence-electron chi connectivity index (χ1n) is 5.19. The molecule has 1 aromatic rings. The van der Waals surface area contributed by atoms with E-state index < -0.39 is 18.4 Å². The number of carboxylic acids is 1. The zero-order valence-electron chi connectivity index (χ0n) is 9.75. The van der Waals surface area contributed by atoms with Gasteiger partial charge < -0.3 is 20.8 Å². The highest BCUT2D eigenvalue weighted by Crippen LogP contribution is 2.21. The smallest absolute Gasteiger partial charge is 0.322 e. The molecule has 0 radical (unpaired) electrons. The Morgan fingerprint density at radius 2 is 2.05 bits per heavy atom. The molecule has 1 aromatic carbocycles. The van der Waals surface area contributed by atoms with Crippen LogP contribution in [0.1, 0.15) is 0 Å². The number of para-hydroxylation sites is 2. The number of aliphatic carboxylic acids is 1. The van der Waals surface area contributed by atoms with Crippen molar-refractivity contribution in [1.29, 1.82) is 5.26 Å². The van der Waals surface area contributed by atoms with Gasteiger partial charge in [-0.2, -0.15) is 5.26 Å². The van der Waals surface area contributed by atoms with Gasteiger partial charge in [0.1, 0.15) is 23.9 Å². The summed E-state index contributed by atoms with van der Waals surface area (Å²) in [5, 5.41) is 31.3. The summed E-state index contributed by atoms with van der Waals surface area (Å²) in [6, 6.07) is 7.90. The predicted molar refractivity (Wildman–Crippen MR) is 66.1 cm³/mol. The summed E-state index contributed by atoms with van der Waals surface area (Å²) in [7, 11) is 0. The van der Waals surface area contributed by atoms with E-state index >= 15 is 0 Å². The van der Waals surface area contributed by atoms with Gasteiger partial charge in [0.05, 0.1) is 5.69 Å². The average Bonchev–Trinajstić information content (AvgIpc) is 2.39. The van der Waals surface area contributed by atoms with Crippen LogP contribution in [0, 0.1) is 11.3 Å². The van der Waals surface area contributed by atoms with Gasteiger partial charge in [0.15, 0.2) is 0 Å². The maximum absolute atomic E-state index is 11.4. The van der Waals surface area contributed by atoms with E-state index in [1.165, 1.54) is 6.07 Å². The molecule has 0 saturated carbocycles. The number of rotatable bonds is 5. The molecule has 0 heterocycles. The Kier molecular flexibility index (Phi) is 4.93. The number of carbonyl (C=O) groups excluding carboxylic acids is 1. The maximum atomic E-state index is 11.4. The summed E-state index contributed by atoms with van der Waals surface area (Å²) in [6.07, 6.45) is 1.09. The second-order valence-corrected chi connectivity index (χ2v) is 3.41. The molecule has 0 aliphatic carbocycles. The molecule has 0 aliphatic heterocycles. The molecule has 98 valence electrons. The monoisotopic (exact) mass is 261 g/mol. The van der Waals surface area contributed by atoms with Crippen molar-refractivity contribution >= 4 is 17.6 Å². The van der Waals surface area contributed by atoms with Gasteiger partial charge in [-0.15, -0.1) is 0 Å². The maximum Gasteiger partial charge on any atom is 0.322 e. The summed E-state index contributed by atoms with van der Waals surface area (Å²) in [6.45, 7) is -0.575. The van der Waals surface area contributed by atoms with Crippen molar-refractivity contribution in [1.82, 2.24) is 5.32 Å². The lowest BCUT2D eigenvalue weighted by Gasteiger charge is -2.04. The number of nitriles is 1. The second kappa shape index (κ2) is 6.66. The fourth-order valence-electron chi connectivity index (χ4n) is 1.15. The van der Waals surface area contributed by atoms with Crippen molar-refractivity contribution in [3.63, 3.8) is 0 Å². The lowest BCUT2D eigenvalue weighted by molar-refractivity contribution is -0.137. The Morgan fingerprint density at radius 3 is 2.63 bits per heavy atom. The second-order valence-electron chi connectivity index (χ2n) is 3.41. The van der Waals surface area contributed by atoms with Crippen LogP contribution in [-0.2, 0) is 9.59 Å². The Labute approximate surface area is 108 Å². The topological polar surface area (TPSA) is 122 Å². The minimum atomic E-state index is -1.21. The quantitative estimate of drug-likeness (QED) is 0.346. The number of amides is 1. The molecule has 0 spiro atoms. The standard InChI is InChI=1S/C12H11N3O4/c13-5-8(12(19)15-7-11(17)18)6-14-9-3-1-2-4-10(9)16/h1-4,6,14,16H,7H2,(H,15,19)(H,17,18)/b8-6-. The summed E-state index contributed by atoms with van der Waals surface area (Å²) in [5.41, 5.74) is 0.0192. The number of nitrogens with one attached hydrogen (secondary N) is 2. The zero-order chi connectivity index (χ0) is 14.3. The molecule has 1 amide bonds. The minimum Gasteiger partial charge on any atom is -0.506 e. The molecule has 0 atom stereocenters. The third-order valence-corrected chi connectivity index (χ3v) is 2.04. The van der Waals surface area contributed by atoms with Crippen LogP contribution in [0.3, 0.4) is 0 Å². The van der Waals surface area contributed by atoms with Gasteiger partial charge >= 0.3 is 5.97 Å². The highest BCUT2D eigenvalue weighted by molar-refractivity contribution is 5.98. The SMILES string of the molecule is N#C/C(=C/Nc1ccccc1O)C(=O)NCC(=O)O. The van der Waals surface area contributed by atoms with Crippen molar-refractivity contribution in [2.75, 3.05) is 11.9 Å². The average molecular weight is 261 g/mol. The fraction of sp³-hybridized carbons (Fsp3) is 0.0833. The molecule has 7 nitrogen and oxygen atoms in total. The third kappa shape index (κ3) is 4.40. The minimum absolute atomic E-state index is 0.0398. The number of anilines is 1. The van der Waals surface area contributed by atoms with Crippen LogP contribution in [0.4, 0.5) is 5.69 Å². The van der Waals surface area contributed by atoms with Gasteiger partial charge in [-0.05, 0) is 12.1 Å². The zero-order valence-corrected chi connectivity index (χ0v) is 9.75. The van der Waals surface area contributed by atoms with E-state index in [1.54, 1.807) is 24.3 Å². The van der Waals surface area contributed by atoms with E-state index in [9.17, 15) is 14.7 Å². The predicted octanol–water partition coefficient (Wildman–Crippen LogP) is 0.412. The van der Waals surface area contributed by atoms with Gasteiger partial charge in [0, 0.05) is 6.20 Å². The number of aromatic hydroxyl groups is 1. The van der Waals surface area contributed by atoms with Gasteiger partial charge in [0.2, 0.25) is 0 Å². The molecule has 0 saturated heterocycles. The van der Waals surface area contributed by atoms with E-state index in [0.29, 0.717) is 5.69 Å². The van der Waals surface area contributed by atoms with Crippen LogP contribution in [0.25, 0.3) is 0 Å². The molecule has 7 heteroatoms. The van der Waals surface area contributed by atoms with E-state index in [4.69, 9.17) is 10.4 Å². The Morgan fingerprint density at radius 1 is 1.37 bits per heavy atom. The first kappa shape index (κ1) is 14.1. The number of carbonyl (C=O) groups is 2. The summed E-state index contributed by atoms with van der Waals surface area (Å²) in [5.74, 6) is -2.06. The number of hydrogen-bond acceptors (Lipinski definition) is 5. The molecule has 0 aliphatic rings. The third-order valence-electron chi connectivity index (χ3n) is 2.04. The van der Waals surface area contributed by atoms with Gasteiger partial charge in [-0.1, -0.05) is 12.1 Å². The van der Waals surface area contributed by atoms with Crippen LogP contribution < -0.4 is 10.6 Å². The number of benzene rings is 1. The van der Waals surface area contributed by atoms with Crippen molar-refractivity contribution in [2.45, 2.75) is 0 Å². The highest BCUT2D eigenvalue weighted by Gasteiger charge is 2.10. The van der Waals surface area contributed by atoms with Crippen LogP contribution in [0.2, 0.25) is 0 Å². The highest BCUT2D eigenvalue weighted by atomic mass is 16.4. The molecule has 19 heavy (non-hydrogen) atoms. The van der Waals surface area contributed by atoms with Crippen LogP contribution in [0.5, 0.6) is 5.75 Å². The first-order chi connectivity index (χ1) is 9.04. The van der Waals surface area contributed by atoms with Gasteiger partial charge in [-0.25, -0.2) is 0 Å². The van der Waals surface area contributed by atoms with Gasteiger partial charge in [-0.3, -0.25) is 9.59 Å². The van der Waals surface area contributed by atoms with Crippen molar-refractivity contribution in [3.8, 4) is 11.8 Å². The van der Waals surface area contributed by atoms with Crippen LogP contribution >= 0.6 is 0 Å². The lowest BCUT2D eigenvalue weighted by atomic mass is 10.2.